The predicted octanol–water partition coefficient (Wildman–Crippen LogP) is -0.637. The van der Waals surface area contributed by atoms with E-state index in [2.05, 4.69) is 0 Å². The van der Waals surface area contributed by atoms with Gasteiger partial charge in [-0.05, 0) is 33.1 Å². The summed E-state index contributed by atoms with van der Waals surface area (Å²) in [5.74, 6) is 0. The van der Waals surface area contributed by atoms with Crippen LogP contribution in [0.25, 0.3) is 0 Å². The highest BCUT2D eigenvalue weighted by molar-refractivity contribution is 7.46. The minimum Gasteiger partial charge on any atom is -0.756 e. The molecule has 6 radical (unpaired) electrons. The molecule has 0 bridgehead atoms. The molecule has 3 aliphatic heterocycles. The molecule has 37 heavy (non-hydrogen) atoms. The van der Waals surface area contributed by atoms with Crippen LogP contribution in [0.1, 0.15) is 40.0 Å². The highest BCUT2D eigenvalue weighted by atomic mass is 31.2. The maximum atomic E-state index is 12.8. The lowest BCUT2D eigenvalue weighted by Crippen LogP contribution is -2.40. The van der Waals surface area contributed by atoms with Crippen LogP contribution in [0.4, 0.5) is 0 Å². The Morgan fingerprint density at radius 2 is 1.46 bits per heavy atom. The molecule has 0 aromatic rings. The molecule has 0 amide bonds. The monoisotopic (exact) mass is 562 g/mol. The summed E-state index contributed by atoms with van der Waals surface area (Å²) in [5, 5.41) is 0. The van der Waals surface area contributed by atoms with Gasteiger partial charge in [-0.2, -0.15) is 0 Å². The first-order chi connectivity index (χ1) is 17.2. The smallest absolute Gasteiger partial charge is 0.270 e. The van der Waals surface area contributed by atoms with Gasteiger partial charge in [-0.3, -0.25) is 13.7 Å². The van der Waals surface area contributed by atoms with E-state index in [4.69, 9.17) is 65.3 Å². The third kappa shape index (κ3) is 8.85. The van der Waals surface area contributed by atoms with Gasteiger partial charge in [0.2, 0.25) is 0 Å². The second-order valence-electron chi connectivity index (χ2n) is 9.21. The zero-order valence-corrected chi connectivity index (χ0v) is 22.9. The van der Waals surface area contributed by atoms with Crippen LogP contribution in [0, 0.1) is 0 Å². The van der Waals surface area contributed by atoms with Crippen LogP contribution in [-0.4, -0.2) is 104 Å². The highest BCUT2D eigenvalue weighted by Crippen LogP contribution is 2.51. The van der Waals surface area contributed by atoms with Crippen LogP contribution in [0.15, 0.2) is 0 Å². The standard InChI is InChI=1S/C19H33B3O13P2/c1-5-10-11(6-14(20)29-10)32-37(25,26)35-19-12(7-15(21)31-19)33-36(23,24)34-16-13(8-28-9(2)3)30-18(22)17(16)27-4/h9-19H,5-8H2,1-4H3,(H,23,24)(H,25,26)/p-2/t10?,11?,12?,13?,14?,15?,16?,17-,18?,19?/m1/s1. The third-order valence-electron chi connectivity index (χ3n) is 5.93. The van der Waals surface area contributed by atoms with Gasteiger partial charge in [0, 0.05) is 25.1 Å². The van der Waals surface area contributed by atoms with Gasteiger partial charge in [0.05, 0.1) is 24.9 Å². The van der Waals surface area contributed by atoms with E-state index >= 15 is 0 Å². The Kier molecular flexibility index (Phi) is 11.4. The molecule has 11 unspecified atom stereocenters. The summed E-state index contributed by atoms with van der Waals surface area (Å²) < 4.78 is 72.8. The van der Waals surface area contributed by atoms with Crippen molar-refractivity contribution >= 4 is 39.2 Å². The maximum Gasteiger partial charge on any atom is 0.270 e. The second-order valence-corrected chi connectivity index (χ2v) is 11.8. The van der Waals surface area contributed by atoms with Gasteiger partial charge < -0.3 is 47.0 Å². The maximum absolute atomic E-state index is 12.8. The van der Waals surface area contributed by atoms with Crippen molar-refractivity contribution in [2.45, 2.75) is 107 Å². The molecule has 0 spiro atoms. The number of rotatable bonds is 13. The van der Waals surface area contributed by atoms with Crippen molar-refractivity contribution in [3.63, 3.8) is 0 Å². The van der Waals surface area contributed by atoms with Crippen molar-refractivity contribution in [2.75, 3.05) is 13.7 Å². The number of hydrogen-bond acceptors (Lipinski definition) is 13. The number of phosphoric ester groups is 2. The summed E-state index contributed by atoms with van der Waals surface area (Å²) in [4.78, 5) is 25.4. The Morgan fingerprint density at radius 3 is 2.08 bits per heavy atom. The van der Waals surface area contributed by atoms with Gasteiger partial charge in [-0.25, -0.2) is 0 Å². The lowest BCUT2D eigenvalue weighted by atomic mass is 9.93. The van der Waals surface area contributed by atoms with E-state index in [1.807, 2.05) is 0 Å². The number of ether oxygens (including phenoxy) is 5. The van der Waals surface area contributed by atoms with Crippen molar-refractivity contribution in [2.24, 2.45) is 0 Å². The van der Waals surface area contributed by atoms with Crippen molar-refractivity contribution in [3.8, 4) is 0 Å². The Bertz CT molecular complexity index is 841. The molecule has 0 aromatic carbocycles. The van der Waals surface area contributed by atoms with E-state index in [1.54, 1.807) is 20.8 Å². The molecule has 0 aromatic heterocycles. The molecule has 206 valence electrons. The zero-order valence-electron chi connectivity index (χ0n) is 21.1. The Labute approximate surface area is 220 Å². The summed E-state index contributed by atoms with van der Waals surface area (Å²) in [7, 11) is 8.49. The van der Waals surface area contributed by atoms with Crippen LogP contribution >= 0.6 is 15.6 Å². The first kappa shape index (κ1) is 31.7. The van der Waals surface area contributed by atoms with Gasteiger partial charge >= 0.3 is 0 Å². The quantitative estimate of drug-likeness (QED) is 0.206. The van der Waals surface area contributed by atoms with E-state index < -0.39 is 76.6 Å². The predicted molar refractivity (Wildman–Crippen MR) is 126 cm³/mol. The van der Waals surface area contributed by atoms with Gasteiger partial charge in [-0.1, -0.05) is 6.92 Å². The molecule has 3 heterocycles. The third-order valence-corrected chi connectivity index (χ3v) is 7.96. The molecule has 3 aliphatic rings. The van der Waals surface area contributed by atoms with Crippen LogP contribution in [0.2, 0.25) is 0 Å². The summed E-state index contributed by atoms with van der Waals surface area (Å²) in [6.45, 7) is 5.33. The molecule has 0 saturated carbocycles. The minimum absolute atomic E-state index is 0.0248. The molecule has 0 aliphatic carbocycles. The van der Waals surface area contributed by atoms with Gasteiger partial charge in [0.15, 0.2) is 6.29 Å². The lowest BCUT2D eigenvalue weighted by molar-refractivity contribution is -0.262. The largest absolute Gasteiger partial charge is 0.756 e. The van der Waals surface area contributed by atoms with E-state index in [0.29, 0.717) is 6.42 Å². The van der Waals surface area contributed by atoms with Gasteiger partial charge in [0.1, 0.15) is 48.0 Å². The van der Waals surface area contributed by atoms with Gasteiger partial charge in [0.25, 0.3) is 15.6 Å². The van der Waals surface area contributed by atoms with E-state index in [9.17, 15) is 18.9 Å². The Balaban J connectivity index is 1.65. The normalized spacial score (nSPS) is 41.7. The van der Waals surface area contributed by atoms with Gasteiger partial charge in [-0.15, -0.1) is 0 Å². The molecular formula is C19H31B3O13P2-2. The SMILES string of the molecule is [B]C1CC(OP(=O)([O-])OC2OC([B])CC2OP(=O)([O-])OC2C(COC(C)C)OC([B])[C@@H]2OC)C(CC)O1. The lowest BCUT2D eigenvalue weighted by Gasteiger charge is -2.35. The average molecular weight is 562 g/mol. The molecule has 3 saturated heterocycles. The van der Waals surface area contributed by atoms with E-state index in [1.165, 1.54) is 7.11 Å². The van der Waals surface area contributed by atoms with Crippen molar-refractivity contribution < 1.29 is 60.7 Å². The fourth-order valence-electron chi connectivity index (χ4n) is 4.29. The van der Waals surface area contributed by atoms with Crippen LogP contribution in [-0.2, 0) is 50.9 Å². The number of phosphoric acid groups is 2. The van der Waals surface area contributed by atoms with Crippen LogP contribution < -0.4 is 9.79 Å². The average Bonchev–Trinajstić information content (AvgIpc) is 3.39. The van der Waals surface area contributed by atoms with Crippen LogP contribution in [0.3, 0.4) is 0 Å². The van der Waals surface area contributed by atoms with Crippen molar-refractivity contribution in [1.82, 2.24) is 0 Å². The Hall–Kier alpha value is 0.215. The number of hydrogen-bond donors (Lipinski definition) is 0. The first-order valence-electron chi connectivity index (χ1n) is 12.0. The van der Waals surface area contributed by atoms with E-state index in [-0.39, 0.29) is 25.6 Å². The number of methoxy groups -OCH3 is 1. The first-order valence-corrected chi connectivity index (χ1v) is 14.9. The summed E-state index contributed by atoms with van der Waals surface area (Å²) >= 11 is 0. The van der Waals surface area contributed by atoms with E-state index in [0.717, 1.165) is 0 Å². The van der Waals surface area contributed by atoms with Crippen molar-refractivity contribution in [3.05, 3.63) is 0 Å². The van der Waals surface area contributed by atoms with Crippen LogP contribution in [0.5, 0.6) is 0 Å². The molecular weight excluding hydrogens is 531 g/mol. The molecule has 18 heteroatoms. The molecule has 3 rings (SSSR count). The molecule has 12 atom stereocenters. The van der Waals surface area contributed by atoms with Crippen molar-refractivity contribution in [1.29, 1.82) is 0 Å². The minimum atomic E-state index is -5.14. The fourth-order valence-corrected chi connectivity index (χ4v) is 6.45. The second kappa shape index (κ2) is 13.3. The molecule has 0 N–H and O–H groups in total. The fraction of sp³-hybridized carbons (Fsp3) is 1.00. The Morgan fingerprint density at radius 1 is 0.865 bits per heavy atom. The highest BCUT2D eigenvalue weighted by Gasteiger charge is 2.47. The summed E-state index contributed by atoms with van der Waals surface area (Å²) in [6.07, 6.45) is -7.49. The zero-order chi connectivity index (χ0) is 27.5. The molecule has 3 fully saturated rings. The summed E-state index contributed by atoms with van der Waals surface area (Å²) in [5.41, 5.74) is 0. The summed E-state index contributed by atoms with van der Waals surface area (Å²) in [6, 6.07) is -2.76. The molecule has 13 nitrogen and oxygen atoms in total. The topological polar surface area (TPSA) is 163 Å².